The summed E-state index contributed by atoms with van der Waals surface area (Å²) < 4.78 is 63.6. The maximum Gasteiger partial charge on any atom is 0.573 e. The van der Waals surface area contributed by atoms with Crippen LogP contribution in [0, 0.1) is 0 Å². The van der Waals surface area contributed by atoms with Gasteiger partial charge in [0.05, 0.1) is 11.4 Å². The van der Waals surface area contributed by atoms with Gasteiger partial charge in [-0.1, -0.05) is 6.07 Å². The van der Waals surface area contributed by atoms with Gasteiger partial charge < -0.3 is 4.74 Å². The Morgan fingerprint density at radius 1 is 1.29 bits per heavy atom. The molecule has 1 aromatic rings. The van der Waals surface area contributed by atoms with E-state index < -0.39 is 24.2 Å². The molecule has 0 bridgehead atoms. The summed E-state index contributed by atoms with van der Waals surface area (Å²) in [6.07, 6.45) is -7.57. The summed E-state index contributed by atoms with van der Waals surface area (Å²) in [5.74, 6) is -0.499. The molecule has 0 spiro atoms. The van der Waals surface area contributed by atoms with Crippen LogP contribution in [-0.2, 0) is 0 Å². The van der Waals surface area contributed by atoms with Crippen LogP contribution >= 0.6 is 0 Å². The molecular weight excluding hydrogens is 245 g/mol. The van der Waals surface area contributed by atoms with Crippen molar-refractivity contribution < 1.29 is 26.7 Å². The lowest BCUT2D eigenvalue weighted by Gasteiger charge is -2.08. The lowest BCUT2D eigenvalue weighted by molar-refractivity contribution is -0.274. The number of alkyl halides is 5. The molecule has 0 aliphatic carbocycles. The molecule has 0 saturated carbocycles. The largest absolute Gasteiger partial charge is 0.573 e. The molecule has 7 heteroatoms. The Balaban J connectivity index is 2.90. The first-order chi connectivity index (χ1) is 7.78. The van der Waals surface area contributed by atoms with Gasteiger partial charge in [0.25, 0.3) is 6.43 Å². The van der Waals surface area contributed by atoms with Gasteiger partial charge in [0.2, 0.25) is 0 Å². The fraction of sp³-hybridized carbons (Fsp3) is 0.300. The Bertz CT molecular complexity index is 413. The summed E-state index contributed by atoms with van der Waals surface area (Å²) in [4.78, 5) is 3.47. The maximum absolute atomic E-state index is 12.1. The highest BCUT2D eigenvalue weighted by Gasteiger charge is 2.31. The number of aliphatic imine (C=N–C) groups is 1. The summed E-state index contributed by atoms with van der Waals surface area (Å²) in [5.41, 5.74) is -0.501. The zero-order valence-corrected chi connectivity index (χ0v) is 8.63. The highest BCUT2D eigenvalue weighted by atomic mass is 19.4. The molecule has 0 fully saturated rings. The van der Waals surface area contributed by atoms with E-state index in [0.29, 0.717) is 0 Å². The van der Waals surface area contributed by atoms with Crippen molar-refractivity contribution in [3.05, 3.63) is 24.3 Å². The Labute approximate surface area is 93.7 Å². The smallest absolute Gasteiger partial charge is 0.406 e. The van der Waals surface area contributed by atoms with Gasteiger partial charge in [-0.05, 0) is 19.1 Å². The second-order valence-electron chi connectivity index (χ2n) is 3.10. The molecule has 0 saturated heterocycles. The molecule has 0 aromatic heterocycles. The molecular formula is C10H8F5NO. The van der Waals surface area contributed by atoms with Crippen molar-refractivity contribution in [3.63, 3.8) is 0 Å². The molecule has 0 atom stereocenters. The molecule has 0 unspecified atom stereocenters. The van der Waals surface area contributed by atoms with Crippen LogP contribution in [-0.4, -0.2) is 18.5 Å². The summed E-state index contributed by atoms with van der Waals surface area (Å²) in [7, 11) is 0. The molecule has 1 rings (SSSR count). The molecule has 0 aliphatic rings. The van der Waals surface area contributed by atoms with Gasteiger partial charge in [-0.15, -0.1) is 13.2 Å². The average molecular weight is 253 g/mol. The van der Waals surface area contributed by atoms with E-state index >= 15 is 0 Å². The Morgan fingerprint density at radius 2 is 1.94 bits per heavy atom. The molecule has 0 N–H and O–H groups in total. The number of benzene rings is 1. The Kier molecular flexibility index (Phi) is 4.03. The second-order valence-corrected chi connectivity index (χ2v) is 3.10. The highest BCUT2D eigenvalue weighted by molar-refractivity contribution is 5.87. The second kappa shape index (κ2) is 5.11. The van der Waals surface area contributed by atoms with Crippen LogP contribution in [0.5, 0.6) is 5.75 Å². The normalized spacial score (nSPS) is 13.0. The molecule has 0 aliphatic heterocycles. The van der Waals surface area contributed by atoms with Crippen LogP contribution in [0.2, 0.25) is 0 Å². The van der Waals surface area contributed by atoms with E-state index in [-0.39, 0.29) is 5.69 Å². The van der Waals surface area contributed by atoms with E-state index in [2.05, 4.69) is 9.73 Å². The highest BCUT2D eigenvalue weighted by Crippen LogP contribution is 2.26. The van der Waals surface area contributed by atoms with Crippen molar-refractivity contribution in [1.29, 1.82) is 0 Å². The topological polar surface area (TPSA) is 21.6 Å². The van der Waals surface area contributed by atoms with E-state index in [1.807, 2.05) is 0 Å². The van der Waals surface area contributed by atoms with Crippen LogP contribution in [0.15, 0.2) is 29.3 Å². The number of hydrogen-bond acceptors (Lipinski definition) is 2. The van der Waals surface area contributed by atoms with Gasteiger partial charge in [0.1, 0.15) is 5.75 Å². The van der Waals surface area contributed by atoms with Crippen LogP contribution in [0.25, 0.3) is 0 Å². The van der Waals surface area contributed by atoms with Crippen LogP contribution < -0.4 is 4.74 Å². The summed E-state index contributed by atoms with van der Waals surface area (Å²) in [6, 6.07) is 4.53. The molecule has 1 aromatic carbocycles. The van der Waals surface area contributed by atoms with Crippen LogP contribution in [0.1, 0.15) is 6.92 Å². The minimum absolute atomic E-state index is 0.0236. The van der Waals surface area contributed by atoms with Crippen molar-refractivity contribution in [1.82, 2.24) is 0 Å². The first-order valence-electron chi connectivity index (χ1n) is 4.47. The quantitative estimate of drug-likeness (QED) is 0.590. The third kappa shape index (κ3) is 4.80. The standard InChI is InChI=1S/C10H8F5NO/c1-6(9(11)12)16-7-3-2-4-8(5-7)17-10(13,14)15/h2-5,9H,1H3. The lowest BCUT2D eigenvalue weighted by Crippen LogP contribution is -2.16. The van der Waals surface area contributed by atoms with Crippen molar-refractivity contribution in [2.75, 3.05) is 0 Å². The minimum atomic E-state index is -4.82. The molecule has 17 heavy (non-hydrogen) atoms. The van der Waals surface area contributed by atoms with Gasteiger partial charge in [-0.3, -0.25) is 4.99 Å². The third-order valence-corrected chi connectivity index (χ3v) is 1.67. The first-order valence-corrected chi connectivity index (χ1v) is 4.47. The van der Waals surface area contributed by atoms with E-state index in [1.54, 1.807) is 0 Å². The predicted molar refractivity (Wildman–Crippen MR) is 51.9 cm³/mol. The number of rotatable bonds is 3. The molecule has 2 nitrogen and oxygen atoms in total. The zero-order valence-electron chi connectivity index (χ0n) is 8.63. The minimum Gasteiger partial charge on any atom is -0.406 e. The lowest BCUT2D eigenvalue weighted by atomic mass is 10.3. The fourth-order valence-corrected chi connectivity index (χ4v) is 1.00. The van der Waals surface area contributed by atoms with Crippen molar-refractivity contribution >= 4 is 11.4 Å². The molecule has 94 valence electrons. The van der Waals surface area contributed by atoms with Crippen molar-refractivity contribution in [2.24, 2.45) is 4.99 Å². The van der Waals surface area contributed by atoms with E-state index in [0.717, 1.165) is 19.1 Å². The summed E-state index contributed by atoms with van der Waals surface area (Å²) in [5, 5.41) is 0. The van der Waals surface area contributed by atoms with E-state index in [1.165, 1.54) is 12.1 Å². The Hall–Kier alpha value is -1.66. The number of hydrogen-bond donors (Lipinski definition) is 0. The SMILES string of the molecule is CC(=Nc1cccc(OC(F)(F)F)c1)C(F)F. The number of ether oxygens (including phenoxy) is 1. The molecule has 0 heterocycles. The number of nitrogens with zero attached hydrogens (tertiary/aromatic N) is 1. The van der Waals surface area contributed by atoms with Crippen LogP contribution in [0.3, 0.4) is 0 Å². The molecule has 0 radical (unpaired) electrons. The summed E-state index contributed by atoms with van der Waals surface area (Å²) >= 11 is 0. The van der Waals surface area contributed by atoms with E-state index in [4.69, 9.17) is 0 Å². The first kappa shape index (κ1) is 13.4. The van der Waals surface area contributed by atoms with Gasteiger partial charge in [-0.2, -0.15) is 0 Å². The molecule has 0 amide bonds. The zero-order chi connectivity index (χ0) is 13.1. The summed E-state index contributed by atoms with van der Waals surface area (Å²) in [6.45, 7) is 1.09. The van der Waals surface area contributed by atoms with Gasteiger partial charge in [0.15, 0.2) is 0 Å². The van der Waals surface area contributed by atoms with Gasteiger partial charge in [0, 0.05) is 6.07 Å². The fourth-order valence-electron chi connectivity index (χ4n) is 1.00. The Morgan fingerprint density at radius 3 is 2.47 bits per heavy atom. The van der Waals surface area contributed by atoms with Crippen molar-refractivity contribution in [2.45, 2.75) is 19.7 Å². The van der Waals surface area contributed by atoms with Gasteiger partial charge in [-0.25, -0.2) is 8.78 Å². The number of halogens is 5. The maximum atomic E-state index is 12.1. The van der Waals surface area contributed by atoms with E-state index in [9.17, 15) is 22.0 Å². The van der Waals surface area contributed by atoms with Gasteiger partial charge >= 0.3 is 6.36 Å². The third-order valence-electron chi connectivity index (χ3n) is 1.67. The van der Waals surface area contributed by atoms with Crippen molar-refractivity contribution in [3.8, 4) is 5.75 Å². The predicted octanol–water partition coefficient (Wildman–Crippen LogP) is 3.94. The monoisotopic (exact) mass is 253 g/mol. The van der Waals surface area contributed by atoms with Crippen LogP contribution in [0.4, 0.5) is 27.6 Å². The average Bonchev–Trinajstić information content (AvgIpc) is 2.15.